The molecule has 1 aliphatic heterocycles. The molecule has 2 aromatic heterocycles. The summed E-state index contributed by atoms with van der Waals surface area (Å²) < 4.78 is 52.7. The second-order valence-corrected chi connectivity index (χ2v) is 10.9. The molecule has 7 N–H and O–H groups in total. The van der Waals surface area contributed by atoms with Crippen molar-refractivity contribution >= 4 is 46.3 Å². The first-order valence-corrected chi connectivity index (χ1v) is 13.0. The zero-order chi connectivity index (χ0) is 23.9. The van der Waals surface area contributed by atoms with Crippen molar-refractivity contribution in [3.8, 4) is 0 Å². The van der Waals surface area contributed by atoms with Crippen molar-refractivity contribution in [1.82, 2.24) is 19.5 Å². The highest BCUT2D eigenvalue weighted by Crippen LogP contribution is 2.66. The molecule has 20 heteroatoms. The molecular formula is C12H18N5O12P3. The minimum Gasteiger partial charge on any atom is -0.369 e. The largest absolute Gasteiger partial charge is 0.490 e. The third kappa shape index (κ3) is 6.19. The number of phosphoric ester groups is 1. The van der Waals surface area contributed by atoms with Gasteiger partial charge in [-0.3, -0.25) is 18.9 Å². The van der Waals surface area contributed by atoms with Gasteiger partial charge in [0.2, 0.25) is 5.95 Å². The molecule has 3 atom stereocenters. The van der Waals surface area contributed by atoms with E-state index in [0.29, 0.717) is 5.70 Å². The monoisotopic (exact) mass is 517 g/mol. The Hall–Kier alpha value is -1.74. The van der Waals surface area contributed by atoms with Gasteiger partial charge in [0, 0.05) is 0 Å². The van der Waals surface area contributed by atoms with Gasteiger partial charge >= 0.3 is 23.5 Å². The molecule has 32 heavy (non-hydrogen) atoms. The van der Waals surface area contributed by atoms with E-state index in [1.165, 1.54) is 10.9 Å². The standard InChI is InChI=1S/C12H18N5O12P3/c1-6-2-7(3-27-31(22,23)29-32(24,25)28-30(19,20)21)26-4-8(6)17-5-14-9-10(17)15-12(13)16-11(9)18/h5,7H,2-4H2,1H3,(H,22,23)(H,24,25)(H2,19,20,21)(H3,13,15,16,18). The topological polar surface area (TPSA) is 259 Å². The molecule has 1 aliphatic rings. The Balaban J connectivity index is 1.68. The first kappa shape index (κ1) is 24.9. The van der Waals surface area contributed by atoms with Gasteiger partial charge < -0.3 is 30.0 Å². The van der Waals surface area contributed by atoms with E-state index in [1.807, 2.05) is 0 Å². The lowest BCUT2D eigenvalue weighted by molar-refractivity contribution is 0.0215. The maximum absolute atomic E-state index is 11.9. The van der Waals surface area contributed by atoms with Crippen molar-refractivity contribution in [3.05, 3.63) is 22.3 Å². The Labute approximate surface area is 178 Å². The summed E-state index contributed by atoms with van der Waals surface area (Å²) in [6, 6.07) is 0. The van der Waals surface area contributed by atoms with Gasteiger partial charge in [-0.15, -0.1) is 0 Å². The Morgan fingerprint density at radius 3 is 2.56 bits per heavy atom. The Kier molecular flexibility index (Phi) is 6.92. The summed E-state index contributed by atoms with van der Waals surface area (Å²) in [5.41, 5.74) is 6.63. The maximum Gasteiger partial charge on any atom is 0.490 e. The van der Waals surface area contributed by atoms with Crippen molar-refractivity contribution in [2.45, 2.75) is 19.4 Å². The van der Waals surface area contributed by atoms with E-state index in [2.05, 4.69) is 28.1 Å². The van der Waals surface area contributed by atoms with Gasteiger partial charge in [0.1, 0.15) is 6.33 Å². The average Bonchev–Trinajstić information content (AvgIpc) is 3.01. The van der Waals surface area contributed by atoms with E-state index in [9.17, 15) is 23.4 Å². The molecule has 0 fully saturated rings. The number of rotatable bonds is 8. The number of imidazole rings is 1. The lowest BCUT2D eigenvalue weighted by Crippen LogP contribution is -2.27. The number of nitrogens with zero attached hydrogens (tertiary/aromatic N) is 3. The van der Waals surface area contributed by atoms with Gasteiger partial charge in [-0.25, -0.2) is 18.7 Å². The molecule has 0 saturated heterocycles. The summed E-state index contributed by atoms with van der Waals surface area (Å²) >= 11 is 0. The first-order valence-electron chi connectivity index (χ1n) is 8.47. The summed E-state index contributed by atoms with van der Waals surface area (Å²) in [5, 5.41) is 0. The van der Waals surface area contributed by atoms with Crippen LogP contribution in [0.3, 0.4) is 0 Å². The number of ether oxygens (including phenoxy) is 1. The Bertz CT molecular complexity index is 1260. The van der Waals surface area contributed by atoms with Gasteiger partial charge in [-0.2, -0.15) is 13.6 Å². The number of nitrogens with two attached hydrogens (primary N) is 1. The van der Waals surface area contributed by atoms with Gasteiger partial charge in [-0.1, -0.05) is 0 Å². The molecule has 3 heterocycles. The van der Waals surface area contributed by atoms with E-state index in [4.69, 9.17) is 25.2 Å². The quantitative estimate of drug-likeness (QED) is 0.253. The number of hydrogen-bond donors (Lipinski definition) is 6. The summed E-state index contributed by atoms with van der Waals surface area (Å²) in [4.78, 5) is 58.0. The van der Waals surface area contributed by atoms with E-state index in [0.717, 1.165) is 5.57 Å². The van der Waals surface area contributed by atoms with Crippen LogP contribution in [0.25, 0.3) is 16.9 Å². The number of phosphoric acid groups is 3. The molecule has 0 spiro atoms. The fraction of sp³-hybridized carbons (Fsp3) is 0.417. The maximum atomic E-state index is 11.9. The van der Waals surface area contributed by atoms with E-state index < -0.39 is 41.7 Å². The first-order chi connectivity index (χ1) is 14.7. The summed E-state index contributed by atoms with van der Waals surface area (Å²) in [6.07, 6.45) is 0.740. The van der Waals surface area contributed by atoms with Crippen LogP contribution in [-0.4, -0.2) is 58.4 Å². The van der Waals surface area contributed by atoms with Crippen molar-refractivity contribution in [2.24, 2.45) is 0 Å². The third-order valence-corrected chi connectivity index (χ3v) is 7.84. The molecule has 2 aromatic rings. The number of H-pyrrole nitrogens is 1. The number of nitrogens with one attached hydrogen (secondary N) is 1. The molecule has 0 bridgehead atoms. The van der Waals surface area contributed by atoms with Crippen LogP contribution in [0, 0.1) is 0 Å². The third-order valence-electron chi connectivity index (χ3n) is 4.04. The molecule has 0 radical (unpaired) electrons. The van der Waals surface area contributed by atoms with Crippen LogP contribution in [-0.2, 0) is 31.6 Å². The predicted molar refractivity (Wildman–Crippen MR) is 106 cm³/mol. The summed E-state index contributed by atoms with van der Waals surface area (Å²) in [6.45, 7) is 1.10. The van der Waals surface area contributed by atoms with E-state index in [1.54, 1.807) is 6.92 Å². The highest BCUT2D eigenvalue weighted by molar-refractivity contribution is 7.66. The van der Waals surface area contributed by atoms with Crippen molar-refractivity contribution in [2.75, 3.05) is 18.9 Å². The summed E-state index contributed by atoms with van der Waals surface area (Å²) in [5.74, 6) is -0.104. The van der Waals surface area contributed by atoms with Gasteiger partial charge in [0.25, 0.3) is 5.56 Å². The van der Waals surface area contributed by atoms with Gasteiger partial charge in [-0.05, 0) is 18.9 Å². The lowest BCUT2D eigenvalue weighted by Gasteiger charge is -2.27. The Morgan fingerprint density at radius 1 is 1.25 bits per heavy atom. The van der Waals surface area contributed by atoms with Crippen LogP contribution in [0.2, 0.25) is 0 Å². The second-order valence-electron chi connectivity index (χ2n) is 6.49. The summed E-state index contributed by atoms with van der Waals surface area (Å²) in [7, 11) is -16.3. The molecule has 178 valence electrons. The normalized spacial score (nSPS) is 21.5. The Morgan fingerprint density at radius 2 is 1.94 bits per heavy atom. The van der Waals surface area contributed by atoms with Crippen molar-refractivity contribution in [3.63, 3.8) is 0 Å². The SMILES string of the molecule is CC1=C(n2cnc3c(=O)[nH]c(N)nc32)COC(COP(=O)(O)OP(=O)(O)OP(=O)(O)O)C1. The molecule has 0 saturated carbocycles. The molecule has 3 unspecified atom stereocenters. The van der Waals surface area contributed by atoms with Crippen LogP contribution in [0.1, 0.15) is 13.3 Å². The number of nitrogen functional groups attached to an aromatic ring is 1. The van der Waals surface area contributed by atoms with Crippen LogP contribution in [0.4, 0.5) is 5.95 Å². The van der Waals surface area contributed by atoms with Crippen LogP contribution in [0.15, 0.2) is 16.7 Å². The minimum atomic E-state index is -5.60. The number of aromatic amines is 1. The average molecular weight is 517 g/mol. The van der Waals surface area contributed by atoms with Crippen LogP contribution in [0.5, 0.6) is 0 Å². The highest BCUT2D eigenvalue weighted by Gasteiger charge is 2.41. The van der Waals surface area contributed by atoms with E-state index >= 15 is 0 Å². The molecule has 0 aromatic carbocycles. The van der Waals surface area contributed by atoms with Crippen molar-refractivity contribution in [1.29, 1.82) is 0 Å². The fourth-order valence-electron chi connectivity index (χ4n) is 2.83. The molecular weight excluding hydrogens is 499 g/mol. The zero-order valence-corrected chi connectivity index (χ0v) is 18.8. The number of hydrogen-bond acceptors (Lipinski definition) is 11. The lowest BCUT2D eigenvalue weighted by atomic mass is 10.1. The van der Waals surface area contributed by atoms with Gasteiger partial charge in [0.15, 0.2) is 11.2 Å². The predicted octanol–water partition coefficient (Wildman–Crippen LogP) is 0.0650. The van der Waals surface area contributed by atoms with Crippen molar-refractivity contribution < 1.29 is 51.2 Å². The fourth-order valence-corrected chi connectivity index (χ4v) is 5.87. The van der Waals surface area contributed by atoms with Gasteiger partial charge in [0.05, 0.1) is 25.0 Å². The van der Waals surface area contributed by atoms with Crippen LogP contribution < -0.4 is 11.3 Å². The number of aromatic nitrogens is 4. The second kappa shape index (κ2) is 8.89. The minimum absolute atomic E-state index is 0.0455. The number of fused-ring (bicyclic) bond motifs is 1. The molecule has 0 amide bonds. The highest BCUT2D eigenvalue weighted by atomic mass is 31.3. The van der Waals surface area contributed by atoms with Crippen LogP contribution >= 0.6 is 23.5 Å². The smallest absolute Gasteiger partial charge is 0.369 e. The molecule has 3 rings (SSSR count). The van der Waals surface area contributed by atoms with E-state index in [-0.39, 0.29) is 30.1 Å². The zero-order valence-electron chi connectivity index (χ0n) is 16.1. The number of anilines is 1. The molecule has 17 nitrogen and oxygen atoms in total. The molecule has 0 aliphatic carbocycles.